The number of hydrogen-bond acceptors (Lipinski definition) is 4. The van der Waals surface area contributed by atoms with E-state index in [1.165, 1.54) is 0 Å². The molecule has 4 heteroatoms. The zero-order valence-electron chi connectivity index (χ0n) is 13.3. The highest BCUT2D eigenvalue weighted by Gasteiger charge is 2.35. The van der Waals surface area contributed by atoms with Crippen LogP contribution in [-0.4, -0.2) is 31.9 Å². The Labute approximate surface area is 137 Å². The predicted octanol–water partition coefficient (Wildman–Crippen LogP) is 3.39. The van der Waals surface area contributed by atoms with Crippen LogP contribution >= 0.6 is 0 Å². The Hall–Kier alpha value is -2.17. The highest BCUT2D eigenvalue weighted by molar-refractivity contribution is 5.75. The van der Waals surface area contributed by atoms with Crippen molar-refractivity contribution < 1.29 is 19.0 Å². The summed E-state index contributed by atoms with van der Waals surface area (Å²) >= 11 is 0. The number of rotatable bonds is 3. The zero-order valence-corrected chi connectivity index (χ0v) is 13.3. The Morgan fingerprint density at radius 3 is 2.04 bits per heavy atom. The third-order valence-corrected chi connectivity index (χ3v) is 3.27. The molecule has 0 aliphatic carbocycles. The first-order chi connectivity index (χ1) is 11.3. The summed E-state index contributed by atoms with van der Waals surface area (Å²) in [4.78, 5) is 11.8. The maximum Gasteiger partial charge on any atom is 0.338 e. The van der Waals surface area contributed by atoms with E-state index in [4.69, 9.17) is 14.2 Å². The Morgan fingerprint density at radius 1 is 0.957 bits per heavy atom. The molecule has 1 fully saturated rings. The average molecular weight is 314 g/mol. The van der Waals surface area contributed by atoms with Crippen molar-refractivity contribution in [2.45, 2.75) is 19.1 Å². The van der Waals surface area contributed by atoms with E-state index >= 15 is 0 Å². The lowest BCUT2D eigenvalue weighted by atomic mass is 10.0. The Bertz CT molecular complexity index is 529. The average Bonchev–Trinajstić information content (AvgIpc) is 2.65. The molecule has 1 aliphatic heterocycles. The van der Waals surface area contributed by atoms with Crippen LogP contribution in [0.5, 0.6) is 0 Å². The molecular formula is C19H22O4. The molecule has 4 nitrogen and oxygen atoms in total. The molecule has 0 aromatic heterocycles. The molecule has 2 unspecified atom stereocenters. The molecule has 23 heavy (non-hydrogen) atoms. The number of hydrogen-bond donors (Lipinski definition) is 0. The lowest BCUT2D eigenvalue weighted by Crippen LogP contribution is -2.39. The van der Waals surface area contributed by atoms with E-state index < -0.39 is 6.10 Å². The fraction of sp³-hybridized carbons (Fsp3) is 0.316. The van der Waals surface area contributed by atoms with Gasteiger partial charge in [0.1, 0.15) is 6.10 Å². The topological polar surface area (TPSA) is 44.8 Å². The van der Waals surface area contributed by atoms with Crippen molar-refractivity contribution in [1.82, 2.24) is 0 Å². The van der Waals surface area contributed by atoms with Gasteiger partial charge in [-0.15, -0.1) is 0 Å². The standard InChI is InChI=1S/C13H16O4.C6H6/c1-2-15-13(14)12-11(16-8-9-17-12)10-6-4-3-5-7-10;1-2-4-6-5-3-1/h3-7,11-12H,2,8-9H2,1H3;1-6H. The lowest BCUT2D eigenvalue weighted by molar-refractivity contribution is -0.186. The number of ether oxygens (including phenoxy) is 3. The van der Waals surface area contributed by atoms with Gasteiger partial charge in [-0.05, 0) is 12.5 Å². The van der Waals surface area contributed by atoms with Gasteiger partial charge < -0.3 is 14.2 Å². The van der Waals surface area contributed by atoms with E-state index in [-0.39, 0.29) is 12.1 Å². The van der Waals surface area contributed by atoms with Gasteiger partial charge in [-0.2, -0.15) is 0 Å². The number of carbonyl (C=O) groups excluding carboxylic acids is 1. The maximum absolute atomic E-state index is 11.8. The molecule has 1 saturated heterocycles. The fourth-order valence-electron chi connectivity index (χ4n) is 2.24. The summed E-state index contributed by atoms with van der Waals surface area (Å²) in [5.74, 6) is -0.360. The second-order valence-corrected chi connectivity index (χ2v) is 4.90. The highest BCUT2D eigenvalue weighted by atomic mass is 16.6. The van der Waals surface area contributed by atoms with Crippen molar-refractivity contribution in [2.24, 2.45) is 0 Å². The first-order valence-electron chi connectivity index (χ1n) is 7.77. The van der Waals surface area contributed by atoms with E-state index in [1.54, 1.807) is 6.92 Å². The first kappa shape index (κ1) is 17.2. The third-order valence-electron chi connectivity index (χ3n) is 3.27. The van der Waals surface area contributed by atoms with Crippen LogP contribution in [0.15, 0.2) is 66.7 Å². The van der Waals surface area contributed by atoms with E-state index in [1.807, 2.05) is 66.7 Å². The fourth-order valence-corrected chi connectivity index (χ4v) is 2.24. The van der Waals surface area contributed by atoms with Crippen LogP contribution in [-0.2, 0) is 19.0 Å². The van der Waals surface area contributed by atoms with Crippen molar-refractivity contribution in [3.05, 3.63) is 72.3 Å². The molecule has 2 aromatic rings. The van der Waals surface area contributed by atoms with Gasteiger partial charge in [0, 0.05) is 0 Å². The monoisotopic (exact) mass is 314 g/mol. The largest absolute Gasteiger partial charge is 0.464 e. The smallest absolute Gasteiger partial charge is 0.338 e. The van der Waals surface area contributed by atoms with Crippen LogP contribution in [0.4, 0.5) is 0 Å². The van der Waals surface area contributed by atoms with E-state index in [2.05, 4.69) is 0 Å². The number of esters is 1. The zero-order chi connectivity index (χ0) is 16.3. The molecule has 0 spiro atoms. The summed E-state index contributed by atoms with van der Waals surface area (Å²) in [5, 5.41) is 0. The predicted molar refractivity (Wildman–Crippen MR) is 88.0 cm³/mol. The molecular weight excluding hydrogens is 292 g/mol. The van der Waals surface area contributed by atoms with Gasteiger partial charge in [0.25, 0.3) is 0 Å². The summed E-state index contributed by atoms with van der Waals surface area (Å²) in [6.07, 6.45) is -1.03. The molecule has 0 N–H and O–H groups in total. The van der Waals surface area contributed by atoms with Gasteiger partial charge in [-0.1, -0.05) is 66.7 Å². The molecule has 0 amide bonds. The second-order valence-electron chi connectivity index (χ2n) is 4.90. The minimum Gasteiger partial charge on any atom is -0.464 e. The van der Waals surface area contributed by atoms with Crippen LogP contribution in [0.2, 0.25) is 0 Å². The van der Waals surface area contributed by atoms with Crippen molar-refractivity contribution in [3.8, 4) is 0 Å². The van der Waals surface area contributed by atoms with E-state index in [0.717, 1.165) is 5.56 Å². The normalized spacial score (nSPS) is 20.0. The number of benzene rings is 2. The molecule has 3 rings (SSSR count). The summed E-state index contributed by atoms with van der Waals surface area (Å²) < 4.78 is 16.1. The quantitative estimate of drug-likeness (QED) is 0.815. The Kier molecular flexibility index (Phi) is 7.30. The highest BCUT2D eigenvalue weighted by Crippen LogP contribution is 2.27. The van der Waals surface area contributed by atoms with Crippen LogP contribution in [0.25, 0.3) is 0 Å². The van der Waals surface area contributed by atoms with Gasteiger partial charge in [0.05, 0.1) is 19.8 Å². The van der Waals surface area contributed by atoms with Gasteiger partial charge in [0.2, 0.25) is 0 Å². The minimum atomic E-state index is -0.661. The molecule has 122 valence electrons. The molecule has 2 atom stereocenters. The molecule has 0 radical (unpaired) electrons. The summed E-state index contributed by atoms with van der Waals surface area (Å²) in [7, 11) is 0. The molecule has 0 saturated carbocycles. The molecule has 1 heterocycles. The van der Waals surface area contributed by atoms with Crippen LogP contribution in [0.1, 0.15) is 18.6 Å². The SMILES string of the molecule is CCOC(=O)C1OCCOC1c1ccccc1.c1ccccc1. The second kappa shape index (κ2) is 9.77. The van der Waals surface area contributed by atoms with Crippen LogP contribution < -0.4 is 0 Å². The van der Waals surface area contributed by atoms with Crippen LogP contribution in [0.3, 0.4) is 0 Å². The van der Waals surface area contributed by atoms with Gasteiger partial charge in [-0.3, -0.25) is 0 Å². The minimum absolute atomic E-state index is 0.347. The summed E-state index contributed by atoms with van der Waals surface area (Å²) in [5.41, 5.74) is 0.935. The molecule has 1 aliphatic rings. The van der Waals surface area contributed by atoms with Crippen molar-refractivity contribution in [1.29, 1.82) is 0 Å². The van der Waals surface area contributed by atoms with Gasteiger partial charge in [0.15, 0.2) is 6.10 Å². The summed E-state index contributed by atoms with van der Waals surface area (Å²) in [6.45, 7) is 3.04. The maximum atomic E-state index is 11.8. The summed E-state index contributed by atoms with van der Waals surface area (Å²) in [6, 6.07) is 21.6. The van der Waals surface area contributed by atoms with Crippen LogP contribution in [0, 0.1) is 0 Å². The molecule has 2 aromatic carbocycles. The lowest BCUT2D eigenvalue weighted by Gasteiger charge is -2.30. The van der Waals surface area contributed by atoms with Crippen molar-refractivity contribution >= 4 is 5.97 Å². The Morgan fingerprint density at radius 2 is 1.48 bits per heavy atom. The van der Waals surface area contributed by atoms with E-state index in [0.29, 0.717) is 19.8 Å². The third kappa shape index (κ3) is 5.51. The van der Waals surface area contributed by atoms with Gasteiger partial charge >= 0.3 is 5.97 Å². The Balaban J connectivity index is 0.000000268. The van der Waals surface area contributed by atoms with Crippen molar-refractivity contribution in [3.63, 3.8) is 0 Å². The van der Waals surface area contributed by atoms with E-state index in [9.17, 15) is 4.79 Å². The molecule has 0 bridgehead atoms. The van der Waals surface area contributed by atoms with Crippen molar-refractivity contribution in [2.75, 3.05) is 19.8 Å². The number of carbonyl (C=O) groups is 1. The van der Waals surface area contributed by atoms with Gasteiger partial charge in [-0.25, -0.2) is 4.79 Å². The first-order valence-corrected chi connectivity index (χ1v) is 7.77.